The molecular weight excluding hydrogens is 204 g/mol. The minimum atomic E-state index is -1.56. The van der Waals surface area contributed by atoms with Crippen LogP contribution in [0.5, 0.6) is 0 Å². The van der Waals surface area contributed by atoms with Gasteiger partial charge in [0, 0.05) is 6.42 Å². The summed E-state index contributed by atoms with van der Waals surface area (Å²) in [6, 6.07) is 2.35. The molecule has 0 heterocycles. The SMILES string of the molecule is C[Si](C)(C)O/N=C1\CCCCC(C#N)C1. The van der Waals surface area contributed by atoms with E-state index in [1.54, 1.807) is 0 Å². The van der Waals surface area contributed by atoms with Gasteiger partial charge >= 0.3 is 0 Å². The molecule has 0 aromatic heterocycles. The lowest BCUT2D eigenvalue weighted by Gasteiger charge is -2.14. The number of hydrogen-bond acceptors (Lipinski definition) is 3. The zero-order chi connectivity index (χ0) is 11.3. The predicted molar refractivity (Wildman–Crippen MR) is 64.1 cm³/mol. The summed E-state index contributed by atoms with van der Waals surface area (Å²) >= 11 is 0. The van der Waals surface area contributed by atoms with Gasteiger partial charge in [0.1, 0.15) is 0 Å². The second kappa shape index (κ2) is 5.31. The van der Waals surface area contributed by atoms with E-state index < -0.39 is 8.32 Å². The van der Waals surface area contributed by atoms with E-state index in [0.717, 1.165) is 37.8 Å². The highest BCUT2D eigenvalue weighted by atomic mass is 28.4. The van der Waals surface area contributed by atoms with Crippen molar-refractivity contribution in [3.8, 4) is 6.07 Å². The van der Waals surface area contributed by atoms with Gasteiger partial charge in [-0.3, -0.25) is 0 Å². The van der Waals surface area contributed by atoms with Gasteiger partial charge in [-0.15, -0.1) is 5.16 Å². The minimum absolute atomic E-state index is 0.150. The van der Waals surface area contributed by atoms with Gasteiger partial charge in [-0.1, -0.05) is 6.42 Å². The van der Waals surface area contributed by atoms with Crippen molar-refractivity contribution in [3.05, 3.63) is 0 Å². The zero-order valence-corrected chi connectivity index (χ0v) is 10.9. The average Bonchev–Trinajstić information content (AvgIpc) is 2.38. The van der Waals surface area contributed by atoms with Crippen molar-refractivity contribution in [1.82, 2.24) is 0 Å². The zero-order valence-electron chi connectivity index (χ0n) is 9.92. The summed E-state index contributed by atoms with van der Waals surface area (Å²) in [5.41, 5.74) is 1.08. The Morgan fingerprint density at radius 2 is 2.13 bits per heavy atom. The first-order valence-electron chi connectivity index (χ1n) is 5.65. The Bertz CT molecular complexity index is 275. The Morgan fingerprint density at radius 1 is 1.40 bits per heavy atom. The summed E-state index contributed by atoms with van der Waals surface area (Å²) in [7, 11) is -1.56. The lowest BCUT2D eigenvalue weighted by atomic mass is 10.0. The quantitative estimate of drug-likeness (QED) is 0.410. The second-order valence-electron chi connectivity index (χ2n) is 5.14. The van der Waals surface area contributed by atoms with E-state index in [0.29, 0.717) is 0 Å². The maximum atomic E-state index is 8.92. The molecule has 1 atom stereocenters. The predicted octanol–water partition coefficient (Wildman–Crippen LogP) is 3.30. The standard InChI is InChI=1S/C11H20N2OSi/c1-15(2,3)14-13-11-7-5-4-6-10(8-11)9-12/h10H,4-8H2,1-3H3/b13-11+. The van der Waals surface area contributed by atoms with Crippen LogP contribution in [0.4, 0.5) is 0 Å². The van der Waals surface area contributed by atoms with Crippen molar-refractivity contribution in [2.24, 2.45) is 11.1 Å². The third kappa shape index (κ3) is 4.98. The van der Waals surface area contributed by atoms with Crippen molar-refractivity contribution >= 4 is 14.0 Å². The molecule has 1 unspecified atom stereocenters. The largest absolute Gasteiger partial charge is 0.456 e. The Labute approximate surface area is 93.2 Å². The van der Waals surface area contributed by atoms with E-state index in [4.69, 9.17) is 9.79 Å². The molecule has 1 rings (SSSR count). The molecule has 1 fully saturated rings. The van der Waals surface area contributed by atoms with Crippen LogP contribution in [0, 0.1) is 17.2 Å². The van der Waals surface area contributed by atoms with Crippen molar-refractivity contribution in [3.63, 3.8) is 0 Å². The smallest absolute Gasteiger partial charge is 0.278 e. The molecule has 0 bridgehead atoms. The lowest BCUT2D eigenvalue weighted by molar-refractivity contribution is 0.332. The molecule has 0 spiro atoms. The summed E-state index contributed by atoms with van der Waals surface area (Å²) in [6.45, 7) is 6.36. The lowest BCUT2D eigenvalue weighted by Crippen LogP contribution is -2.23. The van der Waals surface area contributed by atoms with Crippen LogP contribution < -0.4 is 0 Å². The average molecular weight is 224 g/mol. The van der Waals surface area contributed by atoms with E-state index in [9.17, 15) is 0 Å². The van der Waals surface area contributed by atoms with Gasteiger partial charge in [-0.05, 0) is 38.9 Å². The monoisotopic (exact) mass is 224 g/mol. The van der Waals surface area contributed by atoms with Crippen LogP contribution in [0.15, 0.2) is 5.16 Å². The van der Waals surface area contributed by atoms with Gasteiger partial charge in [0.05, 0.1) is 17.7 Å². The highest BCUT2D eigenvalue weighted by Crippen LogP contribution is 2.21. The van der Waals surface area contributed by atoms with Crippen molar-refractivity contribution in [2.45, 2.75) is 51.7 Å². The molecule has 84 valence electrons. The molecule has 0 radical (unpaired) electrons. The molecule has 0 saturated heterocycles. The van der Waals surface area contributed by atoms with Crippen LogP contribution in [-0.2, 0) is 4.53 Å². The molecule has 0 amide bonds. The van der Waals surface area contributed by atoms with Crippen molar-refractivity contribution < 1.29 is 4.53 Å². The number of nitrogens with zero attached hydrogens (tertiary/aromatic N) is 2. The molecule has 4 heteroatoms. The second-order valence-corrected chi connectivity index (χ2v) is 9.54. The fraction of sp³-hybridized carbons (Fsp3) is 0.818. The van der Waals surface area contributed by atoms with E-state index in [-0.39, 0.29) is 5.92 Å². The Hall–Kier alpha value is -0.823. The molecule has 0 aromatic rings. The van der Waals surface area contributed by atoms with E-state index in [1.807, 2.05) is 0 Å². The van der Waals surface area contributed by atoms with E-state index >= 15 is 0 Å². The van der Waals surface area contributed by atoms with Crippen LogP contribution >= 0.6 is 0 Å². The highest BCUT2D eigenvalue weighted by Gasteiger charge is 2.19. The number of hydrogen-bond donors (Lipinski definition) is 0. The van der Waals surface area contributed by atoms with Crippen LogP contribution in [0.3, 0.4) is 0 Å². The Kier molecular flexibility index (Phi) is 4.34. The van der Waals surface area contributed by atoms with Crippen LogP contribution in [-0.4, -0.2) is 14.0 Å². The third-order valence-electron chi connectivity index (χ3n) is 2.38. The third-order valence-corrected chi connectivity index (χ3v) is 3.02. The molecule has 3 nitrogen and oxygen atoms in total. The molecule has 0 aliphatic heterocycles. The minimum Gasteiger partial charge on any atom is -0.456 e. The maximum Gasteiger partial charge on any atom is 0.278 e. The van der Waals surface area contributed by atoms with Gasteiger partial charge in [-0.2, -0.15) is 5.26 Å². The normalized spacial score (nSPS) is 25.7. The van der Waals surface area contributed by atoms with Crippen LogP contribution in [0.25, 0.3) is 0 Å². The van der Waals surface area contributed by atoms with E-state index in [1.165, 1.54) is 0 Å². The number of nitriles is 1. The molecule has 1 saturated carbocycles. The first kappa shape index (κ1) is 12.2. The van der Waals surface area contributed by atoms with Crippen molar-refractivity contribution in [1.29, 1.82) is 5.26 Å². The summed E-state index contributed by atoms with van der Waals surface area (Å²) in [4.78, 5) is 0. The Balaban J connectivity index is 2.56. The van der Waals surface area contributed by atoms with Gasteiger partial charge in [0.15, 0.2) is 0 Å². The van der Waals surface area contributed by atoms with Gasteiger partial charge in [0.25, 0.3) is 8.32 Å². The fourth-order valence-corrected chi connectivity index (χ4v) is 2.01. The fourth-order valence-electron chi connectivity index (χ4n) is 1.60. The van der Waals surface area contributed by atoms with E-state index in [2.05, 4.69) is 30.9 Å². The molecule has 0 aromatic carbocycles. The number of rotatable bonds is 2. The Morgan fingerprint density at radius 3 is 2.73 bits per heavy atom. The summed E-state index contributed by atoms with van der Waals surface area (Å²) < 4.78 is 5.53. The molecule has 1 aliphatic rings. The van der Waals surface area contributed by atoms with Crippen LogP contribution in [0.2, 0.25) is 19.6 Å². The first-order valence-corrected chi connectivity index (χ1v) is 9.05. The summed E-state index contributed by atoms with van der Waals surface area (Å²) in [5, 5.41) is 13.2. The molecule has 15 heavy (non-hydrogen) atoms. The highest BCUT2D eigenvalue weighted by molar-refractivity contribution is 6.69. The molecular formula is C11H20N2OSi. The molecule has 0 N–H and O–H groups in total. The van der Waals surface area contributed by atoms with Crippen LogP contribution in [0.1, 0.15) is 32.1 Å². The van der Waals surface area contributed by atoms with Gasteiger partial charge in [-0.25, -0.2) is 0 Å². The topological polar surface area (TPSA) is 45.4 Å². The van der Waals surface area contributed by atoms with Gasteiger partial charge < -0.3 is 4.53 Å². The number of oxime groups is 1. The van der Waals surface area contributed by atoms with Crippen molar-refractivity contribution in [2.75, 3.05) is 0 Å². The summed E-state index contributed by atoms with van der Waals surface area (Å²) in [5.74, 6) is 0.150. The molecule has 1 aliphatic carbocycles. The van der Waals surface area contributed by atoms with Gasteiger partial charge in [0.2, 0.25) is 0 Å². The maximum absolute atomic E-state index is 8.92. The summed E-state index contributed by atoms with van der Waals surface area (Å²) in [6.07, 6.45) is 5.11. The first-order chi connectivity index (χ1) is 7.01.